The first kappa shape index (κ1) is 15.8. The molecule has 0 saturated carbocycles. The van der Waals surface area contributed by atoms with Crippen LogP contribution in [0, 0.1) is 11.6 Å². The lowest BCUT2D eigenvalue weighted by Gasteiger charge is -2.12. The van der Waals surface area contributed by atoms with E-state index in [0.29, 0.717) is 23.1 Å². The predicted octanol–water partition coefficient (Wildman–Crippen LogP) is 3.20. The standard InChI is InChI=1S/C17H13F2NO4/c1-23-12-4-3-8(5-13(12)24-2)15-17(22)16(21)14-10(19)6-9(18)7-11(14)20-15/h3-7,22H,1-2H3,(H,20,21). The monoisotopic (exact) mass is 333 g/mol. The van der Waals surface area contributed by atoms with Gasteiger partial charge in [-0.2, -0.15) is 0 Å². The molecule has 5 nitrogen and oxygen atoms in total. The highest BCUT2D eigenvalue weighted by Crippen LogP contribution is 2.34. The van der Waals surface area contributed by atoms with Gasteiger partial charge in [0.25, 0.3) is 0 Å². The van der Waals surface area contributed by atoms with Crippen LogP contribution in [-0.4, -0.2) is 24.3 Å². The van der Waals surface area contributed by atoms with E-state index >= 15 is 0 Å². The van der Waals surface area contributed by atoms with Gasteiger partial charge in [-0.1, -0.05) is 0 Å². The van der Waals surface area contributed by atoms with Gasteiger partial charge in [0.2, 0.25) is 5.43 Å². The van der Waals surface area contributed by atoms with E-state index in [4.69, 9.17) is 9.47 Å². The molecule has 24 heavy (non-hydrogen) atoms. The average molecular weight is 333 g/mol. The van der Waals surface area contributed by atoms with Crippen LogP contribution in [-0.2, 0) is 0 Å². The second kappa shape index (κ2) is 5.84. The number of halogens is 2. The minimum absolute atomic E-state index is 0.0263. The Morgan fingerprint density at radius 1 is 1.04 bits per heavy atom. The lowest BCUT2D eigenvalue weighted by molar-refractivity contribution is 0.355. The number of pyridine rings is 1. The molecule has 7 heteroatoms. The van der Waals surface area contributed by atoms with Crippen LogP contribution >= 0.6 is 0 Å². The number of aromatic hydroxyl groups is 1. The van der Waals surface area contributed by atoms with Gasteiger partial charge in [0.1, 0.15) is 11.6 Å². The highest BCUT2D eigenvalue weighted by molar-refractivity contribution is 5.85. The zero-order chi connectivity index (χ0) is 17.4. The van der Waals surface area contributed by atoms with Gasteiger partial charge in [-0.25, -0.2) is 8.78 Å². The Labute approximate surface area is 135 Å². The molecule has 1 aromatic heterocycles. The Balaban J connectivity index is 2.31. The number of hydrogen-bond donors (Lipinski definition) is 2. The van der Waals surface area contributed by atoms with Gasteiger partial charge < -0.3 is 19.6 Å². The number of methoxy groups -OCH3 is 2. The molecule has 3 aromatic rings. The first-order valence-corrected chi connectivity index (χ1v) is 6.92. The van der Waals surface area contributed by atoms with E-state index in [9.17, 15) is 18.7 Å². The maximum Gasteiger partial charge on any atom is 0.234 e. The largest absolute Gasteiger partial charge is 0.503 e. The third-order valence-corrected chi connectivity index (χ3v) is 3.67. The molecule has 0 atom stereocenters. The van der Waals surface area contributed by atoms with Gasteiger partial charge in [-0.15, -0.1) is 0 Å². The smallest absolute Gasteiger partial charge is 0.234 e. The predicted molar refractivity (Wildman–Crippen MR) is 84.7 cm³/mol. The Kier molecular flexibility index (Phi) is 3.84. The Morgan fingerprint density at radius 3 is 2.42 bits per heavy atom. The summed E-state index contributed by atoms with van der Waals surface area (Å²) in [7, 11) is 2.91. The van der Waals surface area contributed by atoms with E-state index < -0.39 is 28.2 Å². The number of aromatic nitrogens is 1. The van der Waals surface area contributed by atoms with Gasteiger partial charge in [0, 0.05) is 11.6 Å². The molecule has 0 unspecified atom stereocenters. The second-order valence-electron chi connectivity index (χ2n) is 5.06. The molecule has 124 valence electrons. The molecule has 0 saturated heterocycles. The van der Waals surface area contributed by atoms with Crippen molar-refractivity contribution in [3.8, 4) is 28.5 Å². The van der Waals surface area contributed by atoms with Crippen molar-refractivity contribution < 1.29 is 23.4 Å². The van der Waals surface area contributed by atoms with Crippen molar-refractivity contribution in [3.05, 3.63) is 52.2 Å². The van der Waals surface area contributed by atoms with Gasteiger partial charge in [-0.3, -0.25) is 4.79 Å². The fraction of sp³-hybridized carbons (Fsp3) is 0.118. The first-order chi connectivity index (χ1) is 11.5. The molecule has 3 rings (SSSR count). The Bertz CT molecular complexity index is 998. The van der Waals surface area contributed by atoms with Crippen molar-refractivity contribution in [1.29, 1.82) is 0 Å². The molecular weight excluding hydrogens is 320 g/mol. The van der Waals surface area contributed by atoms with E-state index in [2.05, 4.69) is 4.98 Å². The molecule has 0 bridgehead atoms. The number of hydrogen-bond acceptors (Lipinski definition) is 4. The molecule has 0 radical (unpaired) electrons. The second-order valence-corrected chi connectivity index (χ2v) is 5.06. The average Bonchev–Trinajstić information content (AvgIpc) is 2.56. The molecule has 2 aromatic carbocycles. The lowest BCUT2D eigenvalue weighted by Crippen LogP contribution is -2.07. The maximum atomic E-state index is 13.8. The quantitative estimate of drug-likeness (QED) is 0.772. The van der Waals surface area contributed by atoms with Crippen molar-refractivity contribution in [1.82, 2.24) is 4.98 Å². The molecule has 0 aliphatic rings. The third-order valence-electron chi connectivity index (χ3n) is 3.67. The van der Waals surface area contributed by atoms with Crippen molar-refractivity contribution in [2.24, 2.45) is 0 Å². The molecule has 2 N–H and O–H groups in total. The number of nitrogens with one attached hydrogen (secondary N) is 1. The maximum absolute atomic E-state index is 13.8. The molecule has 1 heterocycles. The van der Waals surface area contributed by atoms with Crippen LogP contribution in [0.25, 0.3) is 22.2 Å². The van der Waals surface area contributed by atoms with Gasteiger partial charge in [0.15, 0.2) is 17.2 Å². The minimum Gasteiger partial charge on any atom is -0.503 e. The minimum atomic E-state index is -1.04. The summed E-state index contributed by atoms with van der Waals surface area (Å²) in [5, 5.41) is 9.75. The summed E-state index contributed by atoms with van der Waals surface area (Å²) in [6, 6.07) is 6.28. The molecule has 0 aliphatic carbocycles. The van der Waals surface area contributed by atoms with E-state index in [0.717, 1.165) is 6.07 Å². The topological polar surface area (TPSA) is 71.6 Å². The van der Waals surface area contributed by atoms with Crippen LogP contribution in [0.5, 0.6) is 17.2 Å². The molecular formula is C17H13F2NO4. The molecule has 0 fully saturated rings. The summed E-state index contributed by atoms with van der Waals surface area (Å²) in [4.78, 5) is 14.9. The third kappa shape index (κ3) is 2.44. The fourth-order valence-corrected chi connectivity index (χ4v) is 2.53. The number of fused-ring (bicyclic) bond motifs is 1. The summed E-state index contributed by atoms with van der Waals surface area (Å²) < 4.78 is 37.6. The summed E-state index contributed by atoms with van der Waals surface area (Å²) in [6.45, 7) is 0. The van der Waals surface area contributed by atoms with Crippen LogP contribution in [0.2, 0.25) is 0 Å². The fourth-order valence-electron chi connectivity index (χ4n) is 2.53. The molecule has 0 spiro atoms. The highest BCUT2D eigenvalue weighted by Gasteiger charge is 2.17. The van der Waals surface area contributed by atoms with Gasteiger partial charge >= 0.3 is 0 Å². The Morgan fingerprint density at radius 2 is 1.75 bits per heavy atom. The lowest BCUT2D eigenvalue weighted by atomic mass is 10.1. The van der Waals surface area contributed by atoms with Crippen LogP contribution in [0.1, 0.15) is 0 Å². The van der Waals surface area contributed by atoms with E-state index in [-0.39, 0.29) is 11.2 Å². The van der Waals surface area contributed by atoms with Crippen LogP contribution < -0.4 is 14.9 Å². The Hall–Kier alpha value is -3.09. The first-order valence-electron chi connectivity index (χ1n) is 6.92. The van der Waals surface area contributed by atoms with E-state index in [1.54, 1.807) is 12.1 Å². The normalized spacial score (nSPS) is 10.8. The number of H-pyrrole nitrogens is 1. The van der Waals surface area contributed by atoms with Crippen molar-refractivity contribution >= 4 is 10.9 Å². The van der Waals surface area contributed by atoms with Crippen molar-refractivity contribution in [3.63, 3.8) is 0 Å². The summed E-state index contributed by atoms with van der Waals surface area (Å²) in [6.07, 6.45) is 0. The molecule has 0 aliphatic heterocycles. The van der Waals surface area contributed by atoms with Crippen LogP contribution in [0.3, 0.4) is 0 Å². The van der Waals surface area contributed by atoms with Crippen LogP contribution in [0.4, 0.5) is 8.78 Å². The van der Waals surface area contributed by atoms with Gasteiger partial charge in [0.05, 0.1) is 30.8 Å². The van der Waals surface area contributed by atoms with Crippen molar-refractivity contribution in [2.45, 2.75) is 0 Å². The number of benzene rings is 2. The van der Waals surface area contributed by atoms with Gasteiger partial charge in [-0.05, 0) is 24.3 Å². The summed E-state index contributed by atoms with van der Waals surface area (Å²) in [5.41, 5.74) is -0.557. The summed E-state index contributed by atoms with van der Waals surface area (Å²) >= 11 is 0. The number of aromatic amines is 1. The van der Waals surface area contributed by atoms with Crippen molar-refractivity contribution in [2.75, 3.05) is 14.2 Å². The zero-order valence-electron chi connectivity index (χ0n) is 12.8. The summed E-state index contributed by atoms with van der Waals surface area (Å²) in [5.74, 6) is -1.71. The number of rotatable bonds is 3. The zero-order valence-corrected chi connectivity index (χ0v) is 12.8. The van der Waals surface area contributed by atoms with Crippen LogP contribution in [0.15, 0.2) is 35.1 Å². The molecule has 0 amide bonds. The van der Waals surface area contributed by atoms with E-state index in [1.807, 2.05) is 0 Å². The number of ether oxygens (including phenoxy) is 2. The highest BCUT2D eigenvalue weighted by atomic mass is 19.1. The van der Waals surface area contributed by atoms with E-state index in [1.165, 1.54) is 20.3 Å². The SMILES string of the molecule is COc1ccc(-c2[nH]c3cc(F)cc(F)c3c(=O)c2O)cc1OC.